The molecule has 1 aromatic rings. The lowest BCUT2D eigenvalue weighted by atomic mass is 10.2. The number of esters is 1. The molecule has 0 atom stereocenters. The molecule has 1 aliphatic heterocycles. The molecule has 0 aliphatic carbocycles. The Hall–Kier alpha value is -3.21. The van der Waals surface area contributed by atoms with Crippen molar-refractivity contribution in [1.29, 1.82) is 0 Å². The van der Waals surface area contributed by atoms with Crippen molar-refractivity contribution in [3.05, 3.63) is 42.5 Å². The summed E-state index contributed by atoms with van der Waals surface area (Å²) in [6, 6.07) is 5.42. The highest BCUT2D eigenvalue weighted by Gasteiger charge is 2.30. The van der Waals surface area contributed by atoms with Crippen molar-refractivity contribution in [2.75, 3.05) is 19.7 Å². The van der Waals surface area contributed by atoms with E-state index in [1.54, 1.807) is 18.2 Å². The second kappa shape index (κ2) is 8.25. The number of fused-ring (bicyclic) bond motifs is 1. The summed E-state index contributed by atoms with van der Waals surface area (Å²) in [6.45, 7) is 2.40. The van der Waals surface area contributed by atoms with Crippen LogP contribution in [-0.2, 0) is 24.3 Å². The fourth-order valence-corrected chi connectivity index (χ4v) is 3.21. The average molecular weight is 380 g/mol. The molecular weight excluding hydrogens is 364 g/mol. The van der Waals surface area contributed by atoms with Gasteiger partial charge in [0.05, 0.1) is 4.90 Å². The molecule has 11 heteroatoms. The van der Waals surface area contributed by atoms with Crippen molar-refractivity contribution in [1.82, 2.24) is 15.4 Å². The second-order valence-corrected chi connectivity index (χ2v) is 6.62. The first-order chi connectivity index (χ1) is 12.3. The number of nitrogens with zero attached hydrogens (tertiary/aromatic N) is 1. The Morgan fingerprint density at radius 3 is 2.73 bits per heavy atom. The van der Waals surface area contributed by atoms with Gasteiger partial charge in [0.1, 0.15) is 12.4 Å². The number of ether oxygens (including phenoxy) is 1. The molecule has 1 aliphatic rings. The molecule has 0 saturated carbocycles. The van der Waals surface area contributed by atoms with Gasteiger partial charge in [0, 0.05) is 12.1 Å². The molecular formula is C15H16N4O6S. The molecule has 1 aromatic carbocycles. The monoisotopic (exact) mass is 380 g/mol. The Morgan fingerprint density at radius 1 is 1.27 bits per heavy atom. The normalized spacial score (nSPS) is 15.5. The quantitative estimate of drug-likeness (QED) is 0.439. The minimum absolute atomic E-state index is 0.0193. The molecule has 0 fully saturated rings. The van der Waals surface area contributed by atoms with Gasteiger partial charge in [-0.1, -0.05) is 18.2 Å². The number of carbonyl (C=O) groups excluding carboxylic acids is 3. The number of rotatable bonds is 6. The molecule has 3 N–H and O–H groups in total. The van der Waals surface area contributed by atoms with E-state index in [1.807, 2.05) is 5.32 Å². The number of benzene rings is 1. The highest BCUT2D eigenvalue weighted by Crippen LogP contribution is 2.21. The van der Waals surface area contributed by atoms with Crippen LogP contribution in [0.4, 0.5) is 4.79 Å². The number of hydrogen-bond donors (Lipinski definition) is 3. The summed E-state index contributed by atoms with van der Waals surface area (Å²) in [5.41, 5.74) is 0.344. The zero-order chi connectivity index (χ0) is 19.2. The predicted octanol–water partition coefficient (Wildman–Crippen LogP) is -0.720. The van der Waals surface area contributed by atoms with Gasteiger partial charge in [0.2, 0.25) is 0 Å². The Bertz CT molecular complexity index is 878. The SMILES string of the molecule is C=CCNC(=O)NC(=O)COC(=O)CN=C1NS(=O)(=O)c2ccccc21. The topological polar surface area (TPSA) is 143 Å². The number of aliphatic imine (C=N–C) groups is 1. The Morgan fingerprint density at radius 2 is 2.00 bits per heavy atom. The number of urea groups is 1. The second-order valence-electron chi connectivity index (χ2n) is 4.97. The number of imide groups is 1. The van der Waals surface area contributed by atoms with Crippen LogP contribution in [0.2, 0.25) is 0 Å². The summed E-state index contributed by atoms with van der Waals surface area (Å²) in [6.07, 6.45) is 1.43. The molecule has 0 saturated heterocycles. The first-order valence-electron chi connectivity index (χ1n) is 7.34. The number of amides is 3. The van der Waals surface area contributed by atoms with Crippen LogP contribution in [0.15, 0.2) is 46.8 Å². The Balaban J connectivity index is 1.86. The van der Waals surface area contributed by atoms with Gasteiger partial charge in [-0.3, -0.25) is 24.6 Å². The van der Waals surface area contributed by atoms with Crippen LogP contribution in [0.3, 0.4) is 0 Å². The van der Waals surface area contributed by atoms with Crippen LogP contribution >= 0.6 is 0 Å². The summed E-state index contributed by atoms with van der Waals surface area (Å²) in [4.78, 5) is 38.2. The molecule has 138 valence electrons. The van der Waals surface area contributed by atoms with E-state index in [4.69, 9.17) is 0 Å². The van der Waals surface area contributed by atoms with Crippen molar-refractivity contribution in [2.45, 2.75) is 4.90 Å². The summed E-state index contributed by atoms with van der Waals surface area (Å²) in [7, 11) is -3.70. The minimum Gasteiger partial charge on any atom is -0.454 e. The van der Waals surface area contributed by atoms with E-state index in [0.717, 1.165) is 0 Å². The van der Waals surface area contributed by atoms with Crippen LogP contribution in [0.5, 0.6) is 0 Å². The van der Waals surface area contributed by atoms with Crippen LogP contribution in [0.25, 0.3) is 0 Å². The van der Waals surface area contributed by atoms with E-state index in [2.05, 4.69) is 26.3 Å². The van der Waals surface area contributed by atoms with Gasteiger partial charge in [-0.2, -0.15) is 0 Å². The van der Waals surface area contributed by atoms with Crippen molar-refractivity contribution in [2.24, 2.45) is 4.99 Å². The highest BCUT2D eigenvalue weighted by atomic mass is 32.2. The van der Waals surface area contributed by atoms with E-state index < -0.39 is 41.1 Å². The summed E-state index contributed by atoms with van der Waals surface area (Å²) < 4.78 is 30.7. The number of amidine groups is 1. The van der Waals surface area contributed by atoms with Gasteiger partial charge >= 0.3 is 12.0 Å². The molecule has 3 amide bonds. The van der Waals surface area contributed by atoms with E-state index in [0.29, 0.717) is 5.56 Å². The zero-order valence-electron chi connectivity index (χ0n) is 13.5. The van der Waals surface area contributed by atoms with Crippen molar-refractivity contribution >= 4 is 33.8 Å². The van der Waals surface area contributed by atoms with Crippen molar-refractivity contribution in [3.8, 4) is 0 Å². The van der Waals surface area contributed by atoms with Crippen LogP contribution in [-0.4, -0.2) is 51.9 Å². The maximum absolute atomic E-state index is 11.9. The van der Waals surface area contributed by atoms with Crippen molar-refractivity contribution < 1.29 is 27.5 Å². The smallest absolute Gasteiger partial charge is 0.328 e. The lowest BCUT2D eigenvalue weighted by molar-refractivity contribution is -0.146. The average Bonchev–Trinajstić information content (AvgIpc) is 2.87. The standard InChI is InChI=1S/C15H16N4O6S/c1-2-7-16-15(22)18-12(20)9-25-13(21)8-17-14-10-5-3-4-6-11(10)26(23,24)19-14/h2-6H,1,7-9H2,(H,17,19)(H2,16,18,20,22). The third kappa shape index (κ3) is 4.89. The van der Waals surface area contributed by atoms with Gasteiger partial charge < -0.3 is 10.1 Å². The molecule has 0 unspecified atom stereocenters. The van der Waals surface area contributed by atoms with Crippen LogP contribution < -0.4 is 15.4 Å². The van der Waals surface area contributed by atoms with Gasteiger partial charge in [0.15, 0.2) is 6.61 Å². The number of nitrogens with one attached hydrogen (secondary N) is 3. The third-order valence-corrected chi connectivity index (χ3v) is 4.45. The molecule has 0 radical (unpaired) electrons. The molecule has 0 bridgehead atoms. The fraction of sp³-hybridized carbons (Fsp3) is 0.200. The largest absolute Gasteiger partial charge is 0.454 e. The van der Waals surface area contributed by atoms with E-state index in [-0.39, 0.29) is 17.3 Å². The first kappa shape index (κ1) is 19.1. The lowest BCUT2D eigenvalue weighted by Crippen LogP contribution is -2.41. The van der Waals surface area contributed by atoms with Gasteiger partial charge in [0.25, 0.3) is 15.9 Å². The molecule has 0 aromatic heterocycles. The molecule has 10 nitrogen and oxygen atoms in total. The number of carbonyl (C=O) groups is 3. The third-order valence-electron chi connectivity index (χ3n) is 3.05. The maximum atomic E-state index is 11.9. The van der Waals surface area contributed by atoms with Crippen LogP contribution in [0, 0.1) is 0 Å². The molecule has 1 heterocycles. The van der Waals surface area contributed by atoms with Crippen molar-refractivity contribution in [3.63, 3.8) is 0 Å². The molecule has 0 spiro atoms. The summed E-state index contributed by atoms with van der Waals surface area (Å²) in [5.74, 6) is -1.66. The van der Waals surface area contributed by atoms with E-state index in [1.165, 1.54) is 12.1 Å². The molecule has 26 heavy (non-hydrogen) atoms. The maximum Gasteiger partial charge on any atom is 0.328 e. The van der Waals surface area contributed by atoms with E-state index in [9.17, 15) is 22.8 Å². The fourth-order valence-electron chi connectivity index (χ4n) is 1.96. The van der Waals surface area contributed by atoms with Gasteiger partial charge in [-0.15, -0.1) is 6.58 Å². The molecule has 2 rings (SSSR count). The number of hydrogen-bond acceptors (Lipinski definition) is 7. The predicted molar refractivity (Wildman–Crippen MR) is 90.9 cm³/mol. The van der Waals surface area contributed by atoms with Crippen LogP contribution in [0.1, 0.15) is 5.56 Å². The lowest BCUT2D eigenvalue weighted by Gasteiger charge is -2.05. The zero-order valence-corrected chi connectivity index (χ0v) is 14.3. The van der Waals surface area contributed by atoms with E-state index >= 15 is 0 Å². The Labute approximate surface area is 149 Å². The Kier molecular flexibility index (Phi) is 6.07. The minimum atomic E-state index is -3.70. The van der Waals surface area contributed by atoms with Gasteiger partial charge in [-0.05, 0) is 12.1 Å². The highest BCUT2D eigenvalue weighted by molar-refractivity contribution is 7.90. The first-order valence-corrected chi connectivity index (χ1v) is 8.82. The summed E-state index contributed by atoms with van der Waals surface area (Å²) >= 11 is 0. The number of sulfonamides is 1. The summed E-state index contributed by atoms with van der Waals surface area (Å²) in [5, 5.41) is 4.26. The van der Waals surface area contributed by atoms with Gasteiger partial charge in [-0.25, -0.2) is 13.2 Å².